The van der Waals surface area contributed by atoms with Gasteiger partial charge in [-0.15, -0.1) is 0 Å². The molecule has 0 unspecified atom stereocenters. The van der Waals surface area contributed by atoms with Gasteiger partial charge in [0.05, 0.1) is 5.69 Å². The average Bonchev–Trinajstić information content (AvgIpc) is 2.48. The zero-order chi connectivity index (χ0) is 14.5. The number of anilines is 1. The second-order valence-corrected chi connectivity index (χ2v) is 4.50. The third-order valence-electron chi connectivity index (χ3n) is 3.03. The van der Waals surface area contributed by atoms with E-state index in [1.54, 1.807) is 38.5 Å². The van der Waals surface area contributed by atoms with Gasteiger partial charge in [0, 0.05) is 38.5 Å². The van der Waals surface area contributed by atoms with Crippen molar-refractivity contribution in [2.45, 2.75) is 6.54 Å². The van der Waals surface area contributed by atoms with Gasteiger partial charge in [-0.3, -0.25) is 9.59 Å². The number of hydrogen-bond acceptors (Lipinski definition) is 3. The molecule has 0 atom stereocenters. The summed E-state index contributed by atoms with van der Waals surface area (Å²) >= 11 is 0. The molecule has 2 rings (SSSR count). The fourth-order valence-electron chi connectivity index (χ4n) is 1.82. The molecule has 0 spiro atoms. The first kappa shape index (κ1) is 13.9. The van der Waals surface area contributed by atoms with Crippen LogP contribution in [-0.4, -0.2) is 17.5 Å². The van der Waals surface area contributed by atoms with Gasteiger partial charge in [-0.25, -0.2) is 0 Å². The van der Waals surface area contributed by atoms with Gasteiger partial charge in [-0.2, -0.15) is 0 Å². The monoisotopic (exact) mass is 271 g/mol. The average molecular weight is 271 g/mol. The van der Waals surface area contributed by atoms with Crippen LogP contribution >= 0.6 is 0 Å². The number of nitrogens with zero attached hydrogens (tertiary/aromatic N) is 1. The minimum absolute atomic E-state index is 0.0366. The van der Waals surface area contributed by atoms with Gasteiger partial charge in [0.25, 0.3) is 5.91 Å². The molecule has 0 bridgehead atoms. The van der Waals surface area contributed by atoms with E-state index in [4.69, 9.17) is 0 Å². The zero-order valence-corrected chi connectivity index (χ0v) is 11.5. The predicted octanol–water partition coefficient (Wildman–Crippen LogP) is 1.36. The summed E-state index contributed by atoms with van der Waals surface area (Å²) < 4.78 is 1.52. The van der Waals surface area contributed by atoms with Crippen molar-refractivity contribution in [2.75, 3.05) is 12.4 Å². The van der Waals surface area contributed by atoms with E-state index >= 15 is 0 Å². The van der Waals surface area contributed by atoms with Crippen molar-refractivity contribution < 1.29 is 4.79 Å². The fraction of sp³-hybridized carbons (Fsp3) is 0.200. The topological polar surface area (TPSA) is 63.1 Å². The van der Waals surface area contributed by atoms with E-state index in [-0.39, 0.29) is 11.5 Å². The number of rotatable bonds is 4. The molecule has 0 aliphatic heterocycles. The van der Waals surface area contributed by atoms with Crippen molar-refractivity contribution in [3.63, 3.8) is 0 Å². The van der Waals surface area contributed by atoms with Crippen LogP contribution in [0.25, 0.3) is 0 Å². The Morgan fingerprint density at radius 1 is 1.15 bits per heavy atom. The molecule has 5 heteroatoms. The van der Waals surface area contributed by atoms with Crippen LogP contribution in [0.5, 0.6) is 0 Å². The van der Waals surface area contributed by atoms with Crippen LogP contribution in [0.1, 0.15) is 15.9 Å². The van der Waals surface area contributed by atoms with E-state index < -0.39 is 0 Å². The summed E-state index contributed by atoms with van der Waals surface area (Å²) in [5, 5.41) is 5.81. The molecule has 2 N–H and O–H groups in total. The molecular weight excluding hydrogens is 254 g/mol. The lowest BCUT2D eigenvalue weighted by atomic mass is 10.1. The van der Waals surface area contributed by atoms with Crippen molar-refractivity contribution in [3.8, 4) is 0 Å². The minimum Gasteiger partial charge on any atom is -0.380 e. The molecule has 0 radical (unpaired) electrons. The van der Waals surface area contributed by atoms with E-state index in [1.165, 1.54) is 10.6 Å². The van der Waals surface area contributed by atoms with E-state index in [0.29, 0.717) is 12.1 Å². The molecule has 5 nitrogen and oxygen atoms in total. The Bertz CT molecular complexity index is 660. The molecule has 20 heavy (non-hydrogen) atoms. The number of amides is 1. The normalized spacial score (nSPS) is 10.1. The maximum Gasteiger partial charge on any atom is 0.251 e. The van der Waals surface area contributed by atoms with Gasteiger partial charge in [-0.05, 0) is 23.8 Å². The maximum absolute atomic E-state index is 11.4. The predicted molar refractivity (Wildman–Crippen MR) is 78.8 cm³/mol. The van der Waals surface area contributed by atoms with Gasteiger partial charge in [-0.1, -0.05) is 12.1 Å². The Hall–Kier alpha value is -2.56. The highest BCUT2D eigenvalue weighted by atomic mass is 16.1. The number of nitrogens with one attached hydrogen (secondary N) is 2. The number of carbonyl (C=O) groups is 1. The Labute approximate surface area is 117 Å². The lowest BCUT2D eigenvalue weighted by molar-refractivity contribution is 0.0963. The standard InChI is InChI=1S/C15H17N3O2/c1-16-15(20)12-5-3-11(4-6-12)9-17-13-7-8-14(19)18(2)10-13/h3-8,10,17H,9H2,1-2H3,(H,16,20). The highest BCUT2D eigenvalue weighted by Crippen LogP contribution is 2.08. The highest BCUT2D eigenvalue weighted by Gasteiger charge is 2.02. The Kier molecular flexibility index (Phi) is 4.20. The smallest absolute Gasteiger partial charge is 0.251 e. The van der Waals surface area contributed by atoms with Crippen LogP contribution in [0, 0.1) is 0 Å². The third-order valence-corrected chi connectivity index (χ3v) is 3.03. The van der Waals surface area contributed by atoms with Gasteiger partial charge >= 0.3 is 0 Å². The molecule has 1 amide bonds. The van der Waals surface area contributed by atoms with Crippen LogP contribution < -0.4 is 16.2 Å². The van der Waals surface area contributed by atoms with Crippen LogP contribution in [0.3, 0.4) is 0 Å². The van der Waals surface area contributed by atoms with Gasteiger partial charge < -0.3 is 15.2 Å². The highest BCUT2D eigenvalue weighted by molar-refractivity contribution is 5.93. The lowest BCUT2D eigenvalue weighted by Crippen LogP contribution is -2.17. The summed E-state index contributed by atoms with van der Waals surface area (Å²) in [6.07, 6.45) is 1.75. The quantitative estimate of drug-likeness (QED) is 0.882. The molecule has 0 fully saturated rings. The van der Waals surface area contributed by atoms with Crippen LogP contribution in [0.2, 0.25) is 0 Å². The molecular formula is C15H17N3O2. The Morgan fingerprint density at radius 3 is 2.45 bits per heavy atom. The molecule has 1 aromatic heterocycles. The van der Waals surface area contributed by atoms with Gasteiger partial charge in [0.2, 0.25) is 5.56 Å². The summed E-state index contributed by atoms with van der Waals surface area (Å²) in [5.74, 6) is -0.0948. The summed E-state index contributed by atoms with van der Waals surface area (Å²) in [5.41, 5.74) is 2.54. The minimum atomic E-state index is -0.0948. The SMILES string of the molecule is CNC(=O)c1ccc(CNc2ccc(=O)n(C)c2)cc1. The van der Waals surface area contributed by atoms with Crippen LogP contribution in [0.4, 0.5) is 5.69 Å². The first-order chi connectivity index (χ1) is 9.60. The fourth-order valence-corrected chi connectivity index (χ4v) is 1.82. The molecule has 0 saturated heterocycles. The molecule has 104 valence electrons. The van der Waals surface area contributed by atoms with E-state index in [1.807, 2.05) is 12.1 Å². The molecule has 1 aromatic carbocycles. The Balaban J connectivity index is 2.02. The second-order valence-electron chi connectivity index (χ2n) is 4.50. The lowest BCUT2D eigenvalue weighted by Gasteiger charge is -2.08. The first-order valence-corrected chi connectivity index (χ1v) is 6.32. The van der Waals surface area contributed by atoms with Crippen molar-refractivity contribution >= 4 is 11.6 Å². The summed E-state index contributed by atoms with van der Waals surface area (Å²) in [6, 6.07) is 10.7. The zero-order valence-electron chi connectivity index (χ0n) is 11.5. The summed E-state index contributed by atoms with van der Waals surface area (Å²) in [7, 11) is 3.32. The Morgan fingerprint density at radius 2 is 1.85 bits per heavy atom. The molecule has 0 aliphatic rings. The maximum atomic E-state index is 11.4. The number of carbonyl (C=O) groups excluding carboxylic acids is 1. The molecule has 1 heterocycles. The third kappa shape index (κ3) is 3.26. The molecule has 0 saturated carbocycles. The molecule has 2 aromatic rings. The first-order valence-electron chi connectivity index (χ1n) is 6.32. The van der Waals surface area contributed by atoms with E-state index in [2.05, 4.69) is 10.6 Å². The van der Waals surface area contributed by atoms with E-state index in [9.17, 15) is 9.59 Å². The van der Waals surface area contributed by atoms with Crippen molar-refractivity contribution in [3.05, 3.63) is 64.1 Å². The second kappa shape index (κ2) is 6.06. The van der Waals surface area contributed by atoms with Crippen molar-refractivity contribution in [2.24, 2.45) is 7.05 Å². The number of aromatic nitrogens is 1. The number of benzene rings is 1. The van der Waals surface area contributed by atoms with Crippen molar-refractivity contribution in [1.82, 2.24) is 9.88 Å². The van der Waals surface area contributed by atoms with Gasteiger partial charge in [0.15, 0.2) is 0 Å². The number of pyridine rings is 1. The van der Waals surface area contributed by atoms with Crippen molar-refractivity contribution in [1.29, 1.82) is 0 Å². The van der Waals surface area contributed by atoms with Crippen LogP contribution in [-0.2, 0) is 13.6 Å². The van der Waals surface area contributed by atoms with E-state index in [0.717, 1.165) is 11.3 Å². The number of hydrogen-bond donors (Lipinski definition) is 2. The van der Waals surface area contributed by atoms with Gasteiger partial charge in [0.1, 0.15) is 0 Å². The van der Waals surface area contributed by atoms with Crippen LogP contribution in [0.15, 0.2) is 47.4 Å². The summed E-state index contributed by atoms with van der Waals surface area (Å²) in [4.78, 5) is 22.7. The largest absolute Gasteiger partial charge is 0.380 e. The number of aryl methyl sites for hydroxylation is 1. The summed E-state index contributed by atoms with van der Waals surface area (Å²) in [6.45, 7) is 0.631. The molecule has 0 aliphatic carbocycles.